The highest BCUT2D eigenvalue weighted by Crippen LogP contribution is 2.46. The average molecular weight is 316 g/mol. The zero-order chi connectivity index (χ0) is 16.1. The van der Waals surface area contributed by atoms with Gasteiger partial charge >= 0.3 is 11.9 Å². The fourth-order valence-corrected chi connectivity index (χ4v) is 4.08. The van der Waals surface area contributed by atoms with Crippen LogP contribution in [0.15, 0.2) is 0 Å². The summed E-state index contributed by atoms with van der Waals surface area (Å²) >= 11 is 0. The first kappa shape index (κ1) is 15.6. The van der Waals surface area contributed by atoms with Crippen LogP contribution < -0.4 is 10.6 Å². The molecule has 3 rings (SSSR count). The summed E-state index contributed by atoms with van der Waals surface area (Å²) in [6.07, 6.45) is -3.11. The zero-order valence-corrected chi connectivity index (χ0v) is 11.8. The largest absolute Gasteiger partial charge is 0.481 e. The molecule has 22 heavy (non-hydrogen) atoms. The van der Waals surface area contributed by atoms with Gasteiger partial charge in [-0.2, -0.15) is 0 Å². The number of hydrogen-bond acceptors (Lipinski definition) is 7. The van der Waals surface area contributed by atoms with Crippen molar-refractivity contribution in [1.82, 2.24) is 10.6 Å². The maximum absolute atomic E-state index is 11.5. The second-order valence-electron chi connectivity index (χ2n) is 6.22. The number of aliphatic hydroxyl groups excluding tert-OH is 2. The minimum atomic E-state index is -1.43. The maximum atomic E-state index is 11.5. The van der Waals surface area contributed by atoms with Crippen LogP contribution in [0.1, 0.15) is 12.8 Å². The van der Waals surface area contributed by atoms with Gasteiger partial charge in [0.1, 0.15) is 23.9 Å². The van der Waals surface area contributed by atoms with Crippen molar-refractivity contribution < 1.29 is 34.8 Å². The number of fused-ring (bicyclic) bond motifs is 3. The van der Waals surface area contributed by atoms with Crippen molar-refractivity contribution in [3.8, 4) is 0 Å². The number of ether oxygens (including phenoxy) is 1. The summed E-state index contributed by atoms with van der Waals surface area (Å²) in [6, 6.07) is -1.56. The van der Waals surface area contributed by atoms with E-state index < -0.39 is 60.3 Å². The van der Waals surface area contributed by atoms with E-state index in [1.54, 1.807) is 0 Å². The van der Waals surface area contributed by atoms with E-state index in [0.717, 1.165) is 0 Å². The standard InChI is InChI=1S/C13H20N2O7/c16-6-1-2-14-8-5-4-15-11(12(20)21)13(5,3-7(17)18)22-10(8)9(6)19/h5-6,8-11,14-16,19H,1-4H2,(H,17,18)(H,20,21)/t5-,6+,8-,9+,10+,11-,13+/m0/s1. The fourth-order valence-electron chi connectivity index (χ4n) is 4.08. The lowest BCUT2D eigenvalue weighted by atomic mass is 9.79. The maximum Gasteiger partial charge on any atom is 0.323 e. The van der Waals surface area contributed by atoms with Crippen LogP contribution in [0.3, 0.4) is 0 Å². The van der Waals surface area contributed by atoms with E-state index >= 15 is 0 Å². The highest BCUT2D eigenvalue weighted by Gasteiger charge is 2.66. The Morgan fingerprint density at radius 2 is 1.95 bits per heavy atom. The van der Waals surface area contributed by atoms with E-state index in [-0.39, 0.29) is 6.54 Å². The number of carbonyl (C=O) groups is 2. The van der Waals surface area contributed by atoms with Gasteiger partial charge in [0.25, 0.3) is 0 Å². The van der Waals surface area contributed by atoms with E-state index in [4.69, 9.17) is 4.74 Å². The first-order valence-corrected chi connectivity index (χ1v) is 7.32. The predicted octanol–water partition coefficient (Wildman–Crippen LogP) is -2.64. The molecule has 0 spiro atoms. The normalized spacial score (nSPS) is 47.5. The SMILES string of the molecule is O=C(O)C[C@@]12O[C@H]3[C@H](O)[C@H](O)CCN[C@H]3[C@@H]1CN[C@H]2C(=O)O. The van der Waals surface area contributed by atoms with E-state index in [2.05, 4.69) is 10.6 Å². The quantitative estimate of drug-likeness (QED) is 0.328. The van der Waals surface area contributed by atoms with Gasteiger partial charge in [0.05, 0.1) is 12.5 Å². The van der Waals surface area contributed by atoms with Crippen molar-refractivity contribution in [2.24, 2.45) is 5.92 Å². The molecule has 3 heterocycles. The Balaban J connectivity index is 1.97. The van der Waals surface area contributed by atoms with E-state index in [1.807, 2.05) is 0 Å². The van der Waals surface area contributed by atoms with Crippen LogP contribution in [-0.2, 0) is 14.3 Å². The fraction of sp³-hybridized carbons (Fsp3) is 0.846. The van der Waals surface area contributed by atoms with Crippen LogP contribution in [0.4, 0.5) is 0 Å². The average Bonchev–Trinajstić information content (AvgIpc) is 2.87. The molecule has 0 aromatic heterocycles. The monoisotopic (exact) mass is 316 g/mol. The Kier molecular flexibility index (Phi) is 3.86. The summed E-state index contributed by atoms with van der Waals surface area (Å²) in [7, 11) is 0. The van der Waals surface area contributed by atoms with Gasteiger partial charge in [0.2, 0.25) is 0 Å². The predicted molar refractivity (Wildman–Crippen MR) is 71.2 cm³/mol. The third kappa shape index (κ3) is 2.20. The number of carboxylic acid groups (broad SMARTS) is 2. The molecule has 0 saturated carbocycles. The third-order valence-electron chi connectivity index (χ3n) is 5.03. The Morgan fingerprint density at radius 1 is 1.23 bits per heavy atom. The van der Waals surface area contributed by atoms with Crippen LogP contribution in [-0.4, -0.2) is 81.5 Å². The summed E-state index contributed by atoms with van der Waals surface area (Å²) in [5.41, 5.74) is -1.43. The molecule has 0 aromatic rings. The van der Waals surface area contributed by atoms with E-state index in [0.29, 0.717) is 13.0 Å². The molecule has 0 unspecified atom stereocenters. The summed E-state index contributed by atoms with van der Waals surface area (Å²) in [6.45, 7) is 0.724. The molecule has 7 atom stereocenters. The third-order valence-corrected chi connectivity index (χ3v) is 5.03. The van der Waals surface area contributed by atoms with Crippen molar-refractivity contribution in [1.29, 1.82) is 0 Å². The molecule has 6 N–H and O–H groups in total. The number of hydrogen-bond donors (Lipinski definition) is 6. The summed E-state index contributed by atoms with van der Waals surface area (Å²) in [4.78, 5) is 22.7. The van der Waals surface area contributed by atoms with Crippen molar-refractivity contribution >= 4 is 11.9 Å². The summed E-state index contributed by atoms with van der Waals surface area (Å²) in [5, 5.41) is 44.7. The molecule has 3 aliphatic heterocycles. The van der Waals surface area contributed by atoms with E-state index in [9.17, 15) is 30.0 Å². The molecule has 9 heteroatoms. The topological polar surface area (TPSA) is 148 Å². The van der Waals surface area contributed by atoms with Crippen LogP contribution >= 0.6 is 0 Å². The smallest absolute Gasteiger partial charge is 0.323 e. The van der Waals surface area contributed by atoms with Crippen LogP contribution in [0.5, 0.6) is 0 Å². The highest BCUT2D eigenvalue weighted by atomic mass is 16.5. The minimum Gasteiger partial charge on any atom is -0.481 e. The Hall–Kier alpha value is -1.26. The molecule has 0 radical (unpaired) electrons. The van der Waals surface area contributed by atoms with Gasteiger partial charge in [0.15, 0.2) is 0 Å². The van der Waals surface area contributed by atoms with Crippen LogP contribution in [0, 0.1) is 5.92 Å². The van der Waals surface area contributed by atoms with Gasteiger partial charge in [-0.05, 0) is 13.0 Å². The lowest BCUT2D eigenvalue weighted by molar-refractivity contribution is -0.165. The molecule has 0 aromatic carbocycles. The summed E-state index contributed by atoms with van der Waals surface area (Å²) < 4.78 is 5.83. The van der Waals surface area contributed by atoms with Crippen molar-refractivity contribution in [2.75, 3.05) is 13.1 Å². The van der Waals surface area contributed by atoms with Gasteiger partial charge in [-0.3, -0.25) is 9.59 Å². The Bertz CT molecular complexity index is 487. The molecular weight excluding hydrogens is 296 g/mol. The Labute approximate surface area is 126 Å². The number of rotatable bonds is 3. The van der Waals surface area contributed by atoms with E-state index in [1.165, 1.54) is 0 Å². The Morgan fingerprint density at radius 3 is 2.59 bits per heavy atom. The lowest BCUT2D eigenvalue weighted by Gasteiger charge is -2.32. The number of aliphatic carboxylic acids is 2. The van der Waals surface area contributed by atoms with Gasteiger partial charge in [-0.1, -0.05) is 0 Å². The molecule has 3 aliphatic rings. The van der Waals surface area contributed by atoms with Crippen LogP contribution in [0.25, 0.3) is 0 Å². The van der Waals surface area contributed by atoms with Gasteiger partial charge in [0, 0.05) is 18.5 Å². The molecular formula is C13H20N2O7. The molecule has 0 aliphatic carbocycles. The number of carboxylic acids is 2. The van der Waals surface area contributed by atoms with Gasteiger partial charge in [-0.25, -0.2) is 0 Å². The zero-order valence-electron chi connectivity index (χ0n) is 11.8. The first-order valence-electron chi connectivity index (χ1n) is 7.32. The molecule has 0 bridgehead atoms. The van der Waals surface area contributed by atoms with Gasteiger partial charge in [-0.15, -0.1) is 0 Å². The van der Waals surface area contributed by atoms with Crippen molar-refractivity contribution in [2.45, 2.75) is 48.8 Å². The molecule has 9 nitrogen and oxygen atoms in total. The lowest BCUT2D eigenvalue weighted by Crippen LogP contribution is -2.53. The highest BCUT2D eigenvalue weighted by molar-refractivity contribution is 5.79. The van der Waals surface area contributed by atoms with Crippen molar-refractivity contribution in [3.05, 3.63) is 0 Å². The van der Waals surface area contributed by atoms with Gasteiger partial charge < -0.3 is 35.8 Å². The number of aliphatic hydroxyl groups is 2. The number of nitrogens with one attached hydrogen (secondary N) is 2. The molecule has 3 fully saturated rings. The van der Waals surface area contributed by atoms with Crippen molar-refractivity contribution in [3.63, 3.8) is 0 Å². The molecule has 0 amide bonds. The summed E-state index contributed by atoms with van der Waals surface area (Å²) in [5.74, 6) is -2.75. The second-order valence-corrected chi connectivity index (χ2v) is 6.22. The molecule has 3 saturated heterocycles. The second kappa shape index (κ2) is 5.43. The minimum absolute atomic E-state index is 0.279. The first-order chi connectivity index (χ1) is 10.4. The van der Waals surface area contributed by atoms with Crippen LogP contribution in [0.2, 0.25) is 0 Å². The molecule has 124 valence electrons.